The first kappa shape index (κ1) is 21.2. The Kier molecular flexibility index (Phi) is 6.61. The van der Waals surface area contributed by atoms with Gasteiger partial charge >= 0.3 is 5.97 Å². The Labute approximate surface area is 173 Å². The van der Waals surface area contributed by atoms with Gasteiger partial charge < -0.3 is 14.6 Å². The van der Waals surface area contributed by atoms with Gasteiger partial charge in [0.05, 0.1) is 17.2 Å². The first-order valence-electron chi connectivity index (χ1n) is 9.77. The fourth-order valence-corrected chi connectivity index (χ4v) is 3.06. The van der Waals surface area contributed by atoms with E-state index in [0.29, 0.717) is 36.0 Å². The Morgan fingerprint density at radius 2 is 2.10 bits per heavy atom. The molecule has 9 heteroatoms. The van der Waals surface area contributed by atoms with Gasteiger partial charge in [0, 0.05) is 19.0 Å². The summed E-state index contributed by atoms with van der Waals surface area (Å²) in [6, 6.07) is 7.03. The molecule has 0 bridgehead atoms. The van der Waals surface area contributed by atoms with Crippen LogP contribution in [0.2, 0.25) is 0 Å². The highest BCUT2D eigenvalue weighted by Crippen LogP contribution is 2.12. The molecule has 1 amide bonds. The van der Waals surface area contributed by atoms with Gasteiger partial charge in [-0.05, 0) is 38.3 Å². The zero-order chi connectivity index (χ0) is 21.7. The van der Waals surface area contributed by atoms with Crippen LogP contribution in [0.4, 0.5) is 5.82 Å². The average Bonchev–Trinajstić information content (AvgIpc) is 3.12. The molecule has 9 nitrogen and oxygen atoms in total. The maximum Gasteiger partial charge on any atom is 0.306 e. The molecule has 2 heterocycles. The molecule has 3 rings (SSSR count). The van der Waals surface area contributed by atoms with E-state index >= 15 is 0 Å². The Bertz CT molecular complexity index is 1120. The third kappa shape index (κ3) is 4.91. The van der Waals surface area contributed by atoms with Crippen LogP contribution in [-0.2, 0) is 20.9 Å². The molecule has 0 aliphatic carbocycles. The van der Waals surface area contributed by atoms with Crippen LogP contribution in [0.15, 0.2) is 39.9 Å². The number of para-hydroxylation sites is 1. The van der Waals surface area contributed by atoms with Crippen molar-refractivity contribution >= 4 is 28.6 Å². The Hall–Kier alpha value is -3.49. The normalized spacial score (nSPS) is 12.0. The van der Waals surface area contributed by atoms with Crippen LogP contribution in [0.5, 0.6) is 0 Å². The second kappa shape index (κ2) is 9.34. The van der Waals surface area contributed by atoms with E-state index in [1.54, 1.807) is 26.0 Å². The van der Waals surface area contributed by atoms with Gasteiger partial charge in [0.1, 0.15) is 5.76 Å². The minimum Gasteiger partial charge on any atom is -0.452 e. The standard InChI is InChI=1S/C21H24N4O5/c1-4-16(20(27)23-17-11-14(3)30-24-17)29-18(26)9-6-10-25-12-22-19-13(2)7-5-8-15(19)21(25)28/h5,7-8,11-12,16H,4,6,9-10H2,1-3H3,(H,23,24,27). The number of anilines is 1. The van der Waals surface area contributed by atoms with Gasteiger partial charge in [-0.1, -0.05) is 24.2 Å². The second-order valence-electron chi connectivity index (χ2n) is 7.02. The zero-order valence-corrected chi connectivity index (χ0v) is 17.2. The quantitative estimate of drug-likeness (QED) is 0.565. The predicted molar refractivity (Wildman–Crippen MR) is 110 cm³/mol. The number of esters is 1. The van der Waals surface area contributed by atoms with Gasteiger partial charge in [-0.3, -0.25) is 19.0 Å². The molecule has 0 aliphatic heterocycles. The van der Waals surface area contributed by atoms with E-state index < -0.39 is 18.0 Å². The van der Waals surface area contributed by atoms with Crippen molar-refractivity contribution in [3.05, 3.63) is 52.3 Å². The van der Waals surface area contributed by atoms with E-state index in [-0.39, 0.29) is 17.8 Å². The number of nitrogens with zero attached hydrogens (tertiary/aromatic N) is 3. The van der Waals surface area contributed by atoms with E-state index in [2.05, 4.69) is 15.5 Å². The SMILES string of the molecule is CCC(OC(=O)CCCn1cnc2c(C)cccc2c1=O)C(=O)Nc1cc(C)on1. The molecular weight excluding hydrogens is 388 g/mol. The smallest absolute Gasteiger partial charge is 0.306 e. The summed E-state index contributed by atoms with van der Waals surface area (Å²) in [6.45, 7) is 5.68. The topological polar surface area (TPSA) is 116 Å². The largest absolute Gasteiger partial charge is 0.452 e. The lowest BCUT2D eigenvalue weighted by molar-refractivity contribution is -0.154. The summed E-state index contributed by atoms with van der Waals surface area (Å²) in [5.74, 6) is -0.148. The number of rotatable bonds is 8. The molecule has 0 radical (unpaired) electrons. The maximum atomic E-state index is 12.6. The molecule has 30 heavy (non-hydrogen) atoms. The van der Waals surface area contributed by atoms with Gasteiger partial charge in [0.15, 0.2) is 11.9 Å². The van der Waals surface area contributed by atoms with Crippen molar-refractivity contribution in [3.8, 4) is 0 Å². The van der Waals surface area contributed by atoms with Crippen molar-refractivity contribution in [2.24, 2.45) is 0 Å². The number of amides is 1. The number of hydrogen-bond donors (Lipinski definition) is 1. The van der Waals surface area contributed by atoms with Crippen molar-refractivity contribution in [2.75, 3.05) is 5.32 Å². The number of ether oxygens (including phenoxy) is 1. The molecule has 1 N–H and O–H groups in total. The summed E-state index contributed by atoms with van der Waals surface area (Å²) < 4.78 is 11.7. The highest BCUT2D eigenvalue weighted by atomic mass is 16.5. The Morgan fingerprint density at radius 3 is 2.80 bits per heavy atom. The molecule has 0 fully saturated rings. The number of carbonyl (C=O) groups excluding carboxylic acids is 2. The Morgan fingerprint density at radius 1 is 1.30 bits per heavy atom. The average molecular weight is 412 g/mol. The van der Waals surface area contributed by atoms with Gasteiger partial charge in [-0.2, -0.15) is 0 Å². The number of carbonyl (C=O) groups is 2. The highest BCUT2D eigenvalue weighted by Gasteiger charge is 2.22. The number of nitrogens with one attached hydrogen (secondary N) is 1. The third-order valence-corrected chi connectivity index (χ3v) is 4.65. The molecule has 158 valence electrons. The van der Waals surface area contributed by atoms with Crippen molar-refractivity contribution < 1.29 is 18.8 Å². The molecule has 0 saturated carbocycles. The van der Waals surface area contributed by atoms with Crippen LogP contribution >= 0.6 is 0 Å². The monoisotopic (exact) mass is 412 g/mol. The fraction of sp³-hybridized carbons (Fsp3) is 0.381. The summed E-state index contributed by atoms with van der Waals surface area (Å²) in [5, 5.41) is 6.79. The molecule has 1 aromatic carbocycles. The van der Waals surface area contributed by atoms with E-state index in [1.807, 2.05) is 19.1 Å². The lowest BCUT2D eigenvalue weighted by Gasteiger charge is -2.15. The highest BCUT2D eigenvalue weighted by molar-refractivity contribution is 5.94. The van der Waals surface area contributed by atoms with Crippen LogP contribution in [-0.4, -0.2) is 32.7 Å². The number of hydrogen-bond acceptors (Lipinski definition) is 7. The summed E-state index contributed by atoms with van der Waals surface area (Å²) in [6.07, 6.45) is 1.35. The van der Waals surface area contributed by atoms with Crippen molar-refractivity contribution in [1.29, 1.82) is 0 Å². The molecule has 2 aromatic heterocycles. The fourth-order valence-electron chi connectivity index (χ4n) is 3.06. The minimum absolute atomic E-state index is 0.0745. The van der Waals surface area contributed by atoms with Crippen molar-refractivity contribution in [2.45, 2.75) is 52.7 Å². The first-order chi connectivity index (χ1) is 14.4. The van der Waals surface area contributed by atoms with Gasteiger partial charge in [0.2, 0.25) is 0 Å². The van der Waals surface area contributed by atoms with E-state index in [9.17, 15) is 14.4 Å². The number of aromatic nitrogens is 3. The molecular formula is C21H24N4O5. The van der Waals surface area contributed by atoms with Gasteiger partial charge in [-0.15, -0.1) is 0 Å². The van der Waals surface area contributed by atoms with Crippen molar-refractivity contribution in [1.82, 2.24) is 14.7 Å². The maximum absolute atomic E-state index is 12.6. The van der Waals surface area contributed by atoms with E-state index in [4.69, 9.17) is 9.26 Å². The minimum atomic E-state index is -0.928. The molecule has 0 aliphatic rings. The van der Waals surface area contributed by atoms with Crippen LogP contribution in [0.3, 0.4) is 0 Å². The predicted octanol–water partition coefficient (Wildman–Crippen LogP) is 2.74. The third-order valence-electron chi connectivity index (χ3n) is 4.65. The summed E-state index contributed by atoms with van der Waals surface area (Å²) in [5.41, 5.74) is 1.47. The van der Waals surface area contributed by atoms with Crippen LogP contribution < -0.4 is 10.9 Å². The Balaban J connectivity index is 1.54. The number of benzene rings is 1. The molecule has 1 atom stereocenters. The summed E-state index contributed by atoms with van der Waals surface area (Å²) in [7, 11) is 0. The zero-order valence-electron chi connectivity index (χ0n) is 17.2. The number of fused-ring (bicyclic) bond motifs is 1. The summed E-state index contributed by atoms with van der Waals surface area (Å²) in [4.78, 5) is 41.4. The van der Waals surface area contributed by atoms with E-state index in [0.717, 1.165) is 5.56 Å². The van der Waals surface area contributed by atoms with Gasteiger partial charge in [-0.25, -0.2) is 4.98 Å². The lowest BCUT2D eigenvalue weighted by atomic mass is 10.1. The molecule has 0 saturated heterocycles. The molecule has 1 unspecified atom stereocenters. The molecule has 3 aromatic rings. The van der Waals surface area contributed by atoms with Crippen LogP contribution in [0, 0.1) is 13.8 Å². The van der Waals surface area contributed by atoms with Crippen molar-refractivity contribution in [3.63, 3.8) is 0 Å². The lowest BCUT2D eigenvalue weighted by Crippen LogP contribution is -2.32. The van der Waals surface area contributed by atoms with E-state index in [1.165, 1.54) is 10.9 Å². The van der Waals surface area contributed by atoms with Crippen LogP contribution in [0.1, 0.15) is 37.5 Å². The summed E-state index contributed by atoms with van der Waals surface area (Å²) >= 11 is 0. The van der Waals surface area contributed by atoms with Crippen LogP contribution in [0.25, 0.3) is 10.9 Å². The van der Waals surface area contributed by atoms with Gasteiger partial charge in [0.25, 0.3) is 11.5 Å². The number of aryl methyl sites for hydroxylation is 3. The first-order valence-corrected chi connectivity index (χ1v) is 9.77. The molecule has 0 spiro atoms. The second-order valence-corrected chi connectivity index (χ2v) is 7.02.